The van der Waals surface area contributed by atoms with Gasteiger partial charge in [-0.1, -0.05) is 12.1 Å². The number of anilines is 1. The molecule has 2 aromatic rings. The van der Waals surface area contributed by atoms with E-state index in [1.165, 1.54) is 6.07 Å². The molecule has 0 saturated heterocycles. The Kier molecular flexibility index (Phi) is 4.32. The number of nitrogens with one attached hydrogen (secondary N) is 1. The van der Waals surface area contributed by atoms with Crippen molar-refractivity contribution < 1.29 is 19.2 Å². The summed E-state index contributed by atoms with van der Waals surface area (Å²) < 4.78 is 4.78. The molecule has 10 heteroatoms. The molecule has 0 unspecified atom stereocenters. The van der Waals surface area contributed by atoms with Gasteiger partial charge in [0, 0.05) is 0 Å². The number of nitrogens with zero attached hydrogens (tertiary/aromatic N) is 2. The average Bonchev–Trinajstić information content (AvgIpc) is 2.86. The van der Waals surface area contributed by atoms with Crippen LogP contribution in [0.25, 0.3) is 0 Å². The van der Waals surface area contributed by atoms with Crippen molar-refractivity contribution in [3.05, 3.63) is 45.6 Å². The van der Waals surface area contributed by atoms with Crippen LogP contribution in [-0.2, 0) is 0 Å². The van der Waals surface area contributed by atoms with E-state index in [-0.39, 0.29) is 21.4 Å². The maximum Gasteiger partial charge on any atom is 0.409 e. The minimum Gasteiger partial charge on any atom is -0.410 e. The van der Waals surface area contributed by atoms with E-state index in [1.54, 1.807) is 19.1 Å². The summed E-state index contributed by atoms with van der Waals surface area (Å²) in [6.45, 7) is 1.65. The van der Waals surface area contributed by atoms with Crippen LogP contribution in [0, 0.1) is 17.0 Å². The van der Waals surface area contributed by atoms with Crippen molar-refractivity contribution in [3.8, 4) is 5.75 Å². The molecule has 22 heavy (non-hydrogen) atoms. The fraction of sp³-hybridized carbons (Fsp3) is 0.0833. The molecular formula is C12H10N4O5S. The first-order valence-corrected chi connectivity index (χ1v) is 6.68. The highest BCUT2D eigenvalue weighted by Crippen LogP contribution is 2.27. The third-order valence-electron chi connectivity index (χ3n) is 2.57. The highest BCUT2D eigenvalue weighted by atomic mass is 32.1. The van der Waals surface area contributed by atoms with Gasteiger partial charge in [-0.3, -0.25) is 20.2 Å². The number of thiazole rings is 1. The monoisotopic (exact) mass is 322 g/mol. The van der Waals surface area contributed by atoms with Gasteiger partial charge in [0.1, 0.15) is 11.9 Å². The highest BCUT2D eigenvalue weighted by molar-refractivity contribution is 7.18. The van der Waals surface area contributed by atoms with Gasteiger partial charge < -0.3 is 10.5 Å². The van der Waals surface area contributed by atoms with Crippen LogP contribution in [0.3, 0.4) is 0 Å². The number of nitro groups is 1. The molecule has 2 rings (SSSR count). The van der Waals surface area contributed by atoms with Crippen LogP contribution in [0.15, 0.2) is 24.4 Å². The minimum atomic E-state index is -1.05. The Labute approximate surface area is 127 Å². The molecule has 0 saturated carbocycles. The molecule has 9 nitrogen and oxygen atoms in total. The Morgan fingerprint density at radius 1 is 1.45 bits per heavy atom. The number of aryl methyl sites for hydroxylation is 1. The molecule has 1 aromatic carbocycles. The molecule has 0 aliphatic heterocycles. The summed E-state index contributed by atoms with van der Waals surface area (Å²) in [5.41, 5.74) is 5.59. The summed E-state index contributed by atoms with van der Waals surface area (Å²) >= 11 is 0.715. The highest BCUT2D eigenvalue weighted by Gasteiger charge is 2.19. The van der Waals surface area contributed by atoms with Crippen LogP contribution in [0.1, 0.15) is 15.9 Å². The standard InChI is InChI=1S/C12H10N4O5S/c1-6-3-2-4-7(21-11(13)18)9(6)10(17)15-12-14-5-8(22-12)16(19)20/h2-5H,1H3,(H2,13,18)(H,14,15,17). The van der Waals surface area contributed by atoms with Gasteiger partial charge in [0.15, 0.2) is 5.13 Å². The molecular weight excluding hydrogens is 312 g/mol. The number of carbonyl (C=O) groups is 2. The number of benzene rings is 1. The third kappa shape index (κ3) is 3.35. The third-order valence-corrected chi connectivity index (χ3v) is 3.43. The van der Waals surface area contributed by atoms with Crippen LogP contribution in [-0.4, -0.2) is 21.9 Å². The molecule has 0 aliphatic carbocycles. The maximum absolute atomic E-state index is 12.3. The number of nitrogens with two attached hydrogens (primary N) is 1. The van der Waals surface area contributed by atoms with Gasteiger partial charge in [-0.05, 0) is 29.9 Å². The van der Waals surface area contributed by atoms with E-state index >= 15 is 0 Å². The first-order chi connectivity index (χ1) is 10.4. The van der Waals surface area contributed by atoms with Gasteiger partial charge in [0.25, 0.3) is 5.91 Å². The molecule has 0 aliphatic rings. The summed E-state index contributed by atoms with van der Waals surface area (Å²) in [6, 6.07) is 4.66. The van der Waals surface area contributed by atoms with E-state index in [0.717, 1.165) is 6.20 Å². The van der Waals surface area contributed by atoms with Crippen LogP contribution < -0.4 is 15.8 Å². The number of amides is 2. The van der Waals surface area contributed by atoms with Gasteiger partial charge in [0.2, 0.25) is 0 Å². The second-order valence-electron chi connectivity index (χ2n) is 4.08. The van der Waals surface area contributed by atoms with Crippen molar-refractivity contribution in [1.82, 2.24) is 4.98 Å². The average molecular weight is 322 g/mol. The van der Waals surface area contributed by atoms with Gasteiger partial charge in [-0.25, -0.2) is 9.78 Å². The molecule has 0 radical (unpaired) electrons. The number of hydrogen-bond donors (Lipinski definition) is 2. The minimum absolute atomic E-state index is 0.00365. The number of primary amides is 1. The SMILES string of the molecule is Cc1cccc(OC(N)=O)c1C(=O)Nc1ncc([N+](=O)[O-])s1. The molecule has 114 valence electrons. The zero-order valence-electron chi connectivity index (χ0n) is 11.2. The molecule has 0 spiro atoms. The van der Waals surface area contributed by atoms with Gasteiger partial charge in [-0.15, -0.1) is 0 Å². The predicted octanol–water partition coefficient (Wildman–Crippen LogP) is 2.07. The summed E-state index contributed by atoms with van der Waals surface area (Å²) in [6.07, 6.45) is -0.0107. The van der Waals surface area contributed by atoms with Gasteiger partial charge in [-0.2, -0.15) is 0 Å². The Morgan fingerprint density at radius 3 is 2.77 bits per heavy atom. The lowest BCUT2D eigenvalue weighted by molar-refractivity contribution is -0.380. The summed E-state index contributed by atoms with van der Waals surface area (Å²) in [4.78, 5) is 36.9. The van der Waals surface area contributed by atoms with Crippen molar-refractivity contribution in [2.75, 3.05) is 5.32 Å². The Balaban J connectivity index is 2.28. The van der Waals surface area contributed by atoms with Crippen LogP contribution in [0.5, 0.6) is 5.75 Å². The molecule has 2 amide bonds. The molecule has 3 N–H and O–H groups in total. The van der Waals surface area contributed by atoms with Crippen LogP contribution in [0.4, 0.5) is 14.9 Å². The molecule has 1 heterocycles. The number of carbonyl (C=O) groups excluding carboxylic acids is 2. The van der Waals surface area contributed by atoms with E-state index < -0.39 is 16.9 Å². The summed E-state index contributed by atoms with van der Waals surface area (Å²) in [5, 5.41) is 12.9. The maximum atomic E-state index is 12.3. The van der Waals surface area contributed by atoms with Crippen molar-refractivity contribution in [2.45, 2.75) is 6.92 Å². The Bertz CT molecular complexity index is 758. The second kappa shape index (κ2) is 6.18. The number of ether oxygens (including phenoxy) is 1. The first kappa shape index (κ1) is 15.4. The van der Waals surface area contributed by atoms with Gasteiger partial charge in [0.05, 0.1) is 10.5 Å². The topological polar surface area (TPSA) is 137 Å². The van der Waals surface area contributed by atoms with Crippen molar-refractivity contribution in [1.29, 1.82) is 0 Å². The predicted molar refractivity (Wildman–Crippen MR) is 78.1 cm³/mol. The lowest BCUT2D eigenvalue weighted by atomic mass is 10.1. The Morgan fingerprint density at radius 2 is 2.18 bits per heavy atom. The summed E-state index contributed by atoms with van der Waals surface area (Å²) in [5.74, 6) is -0.616. The quantitative estimate of drug-likeness (QED) is 0.652. The fourth-order valence-electron chi connectivity index (χ4n) is 1.69. The molecule has 0 atom stereocenters. The first-order valence-electron chi connectivity index (χ1n) is 5.87. The normalized spacial score (nSPS) is 10.0. The smallest absolute Gasteiger partial charge is 0.409 e. The number of hydrogen-bond acceptors (Lipinski definition) is 7. The lowest BCUT2D eigenvalue weighted by Crippen LogP contribution is -2.20. The fourth-order valence-corrected chi connectivity index (χ4v) is 2.32. The van der Waals surface area contributed by atoms with Gasteiger partial charge >= 0.3 is 11.1 Å². The van der Waals surface area contributed by atoms with E-state index in [1.807, 2.05) is 0 Å². The van der Waals surface area contributed by atoms with E-state index in [2.05, 4.69) is 10.3 Å². The summed E-state index contributed by atoms with van der Waals surface area (Å²) in [7, 11) is 0. The van der Waals surface area contributed by atoms with Crippen molar-refractivity contribution in [3.63, 3.8) is 0 Å². The lowest BCUT2D eigenvalue weighted by Gasteiger charge is -2.10. The van der Waals surface area contributed by atoms with E-state index in [4.69, 9.17) is 10.5 Å². The van der Waals surface area contributed by atoms with Crippen LogP contribution in [0.2, 0.25) is 0 Å². The molecule has 1 aromatic heterocycles. The number of aromatic nitrogens is 1. The number of rotatable bonds is 4. The van der Waals surface area contributed by atoms with E-state index in [9.17, 15) is 19.7 Å². The van der Waals surface area contributed by atoms with E-state index in [0.29, 0.717) is 16.9 Å². The zero-order chi connectivity index (χ0) is 16.3. The van der Waals surface area contributed by atoms with Crippen molar-refractivity contribution >= 4 is 33.5 Å². The van der Waals surface area contributed by atoms with Crippen molar-refractivity contribution in [2.24, 2.45) is 5.73 Å². The largest absolute Gasteiger partial charge is 0.410 e. The second-order valence-corrected chi connectivity index (χ2v) is 5.09. The molecule has 0 fully saturated rings. The zero-order valence-corrected chi connectivity index (χ0v) is 12.0. The van der Waals surface area contributed by atoms with Crippen LogP contribution >= 0.6 is 11.3 Å². The molecule has 0 bridgehead atoms. The Hall–Kier alpha value is -3.01.